The zero-order valence-corrected chi connectivity index (χ0v) is 9.95. The molecule has 0 aliphatic rings. The molecule has 0 atom stereocenters. The second-order valence-corrected chi connectivity index (χ2v) is 4.16. The van der Waals surface area contributed by atoms with E-state index >= 15 is 0 Å². The van der Waals surface area contributed by atoms with Crippen LogP contribution in [-0.4, -0.2) is 20.4 Å². The van der Waals surface area contributed by atoms with E-state index in [1.165, 1.54) is 10.6 Å². The van der Waals surface area contributed by atoms with E-state index in [1.54, 1.807) is 12.1 Å². The van der Waals surface area contributed by atoms with Gasteiger partial charge in [0.25, 0.3) is 0 Å². The molecular formula is C14H11N3O2. The number of nitrogens with two attached hydrogens (primary N) is 1. The lowest BCUT2D eigenvalue weighted by Crippen LogP contribution is -2.11. The summed E-state index contributed by atoms with van der Waals surface area (Å²) < 4.78 is 1.45. The Kier molecular flexibility index (Phi) is 2.45. The lowest BCUT2D eigenvalue weighted by atomic mass is 10.2. The second-order valence-electron chi connectivity index (χ2n) is 4.16. The van der Waals surface area contributed by atoms with Gasteiger partial charge in [-0.2, -0.15) is 0 Å². The van der Waals surface area contributed by atoms with E-state index in [4.69, 9.17) is 5.73 Å². The van der Waals surface area contributed by atoms with Gasteiger partial charge >= 0.3 is 0 Å². The van der Waals surface area contributed by atoms with Gasteiger partial charge in [-0.25, -0.2) is 4.98 Å². The van der Waals surface area contributed by atoms with Gasteiger partial charge in [-0.05, 0) is 12.1 Å². The highest BCUT2D eigenvalue weighted by molar-refractivity contribution is 5.93. The van der Waals surface area contributed by atoms with Crippen LogP contribution in [0, 0.1) is 0 Å². The molecule has 1 amide bonds. The first-order valence-corrected chi connectivity index (χ1v) is 5.73. The molecule has 19 heavy (non-hydrogen) atoms. The van der Waals surface area contributed by atoms with Crippen molar-refractivity contribution in [3.05, 3.63) is 54.2 Å². The van der Waals surface area contributed by atoms with Crippen LogP contribution in [0.25, 0.3) is 16.9 Å². The zero-order valence-electron chi connectivity index (χ0n) is 9.95. The van der Waals surface area contributed by atoms with Crippen molar-refractivity contribution in [3.63, 3.8) is 0 Å². The van der Waals surface area contributed by atoms with E-state index in [0.29, 0.717) is 16.9 Å². The molecule has 0 aliphatic heterocycles. The Hall–Kier alpha value is -2.82. The number of primary amides is 1. The van der Waals surface area contributed by atoms with Gasteiger partial charge in [0.15, 0.2) is 0 Å². The number of hydrogen-bond acceptors (Lipinski definition) is 3. The van der Waals surface area contributed by atoms with Crippen LogP contribution in [0.15, 0.2) is 48.7 Å². The minimum Gasteiger partial charge on any atom is -0.493 e. The van der Waals surface area contributed by atoms with Crippen molar-refractivity contribution in [2.24, 2.45) is 5.73 Å². The smallest absolute Gasteiger partial charge is 0.250 e. The van der Waals surface area contributed by atoms with E-state index in [9.17, 15) is 9.90 Å². The first-order chi connectivity index (χ1) is 9.16. The monoisotopic (exact) mass is 253 g/mol. The topological polar surface area (TPSA) is 80.6 Å². The third kappa shape index (κ3) is 1.81. The van der Waals surface area contributed by atoms with Crippen molar-refractivity contribution in [1.29, 1.82) is 0 Å². The molecule has 1 aromatic carbocycles. The predicted molar refractivity (Wildman–Crippen MR) is 70.8 cm³/mol. The molecular weight excluding hydrogens is 242 g/mol. The molecule has 3 N–H and O–H groups in total. The number of imidazole rings is 1. The number of nitrogens with zero attached hydrogens (tertiary/aromatic N) is 2. The molecule has 2 heterocycles. The summed E-state index contributed by atoms with van der Waals surface area (Å²) in [6.45, 7) is 0. The molecule has 94 valence electrons. The minimum atomic E-state index is -0.545. The number of amides is 1. The van der Waals surface area contributed by atoms with Gasteiger partial charge in [-0.15, -0.1) is 0 Å². The normalized spacial score (nSPS) is 10.7. The van der Waals surface area contributed by atoms with E-state index in [2.05, 4.69) is 4.98 Å². The Morgan fingerprint density at radius 2 is 1.89 bits per heavy atom. The summed E-state index contributed by atoms with van der Waals surface area (Å²) in [6, 6.07) is 12.6. The van der Waals surface area contributed by atoms with Crippen molar-refractivity contribution in [2.45, 2.75) is 0 Å². The molecule has 5 nitrogen and oxygen atoms in total. The van der Waals surface area contributed by atoms with Crippen LogP contribution < -0.4 is 5.73 Å². The fourth-order valence-electron chi connectivity index (χ4n) is 1.97. The number of carbonyl (C=O) groups is 1. The highest BCUT2D eigenvalue weighted by Crippen LogP contribution is 2.29. The van der Waals surface area contributed by atoms with Gasteiger partial charge < -0.3 is 10.8 Å². The first-order valence-electron chi connectivity index (χ1n) is 5.73. The van der Waals surface area contributed by atoms with Gasteiger partial charge in [0, 0.05) is 11.8 Å². The number of aromatic nitrogens is 2. The maximum Gasteiger partial charge on any atom is 0.250 e. The summed E-state index contributed by atoms with van der Waals surface area (Å²) in [7, 11) is 0. The standard InChI is InChI=1S/C14H11N3O2/c15-13(18)10-6-7-11-16-12(14(19)17(11)8-10)9-4-2-1-3-5-9/h1-8,19H,(H2,15,18). The third-order valence-electron chi connectivity index (χ3n) is 2.93. The number of carbonyl (C=O) groups excluding carboxylic acids is 1. The average molecular weight is 253 g/mol. The molecule has 5 heteroatoms. The number of hydrogen-bond donors (Lipinski definition) is 2. The van der Waals surface area contributed by atoms with E-state index in [1.807, 2.05) is 30.3 Å². The molecule has 0 bridgehead atoms. The van der Waals surface area contributed by atoms with Crippen LogP contribution in [-0.2, 0) is 0 Å². The van der Waals surface area contributed by atoms with Crippen molar-refractivity contribution < 1.29 is 9.90 Å². The van der Waals surface area contributed by atoms with Crippen molar-refractivity contribution >= 4 is 11.6 Å². The van der Waals surface area contributed by atoms with Gasteiger partial charge in [0.1, 0.15) is 11.3 Å². The van der Waals surface area contributed by atoms with Crippen molar-refractivity contribution in [1.82, 2.24) is 9.38 Å². The largest absolute Gasteiger partial charge is 0.493 e. The van der Waals surface area contributed by atoms with Crippen LogP contribution in [0.2, 0.25) is 0 Å². The lowest BCUT2D eigenvalue weighted by Gasteiger charge is -1.99. The Morgan fingerprint density at radius 3 is 2.58 bits per heavy atom. The fraction of sp³-hybridized carbons (Fsp3) is 0. The van der Waals surface area contributed by atoms with E-state index < -0.39 is 5.91 Å². The molecule has 0 fully saturated rings. The maximum absolute atomic E-state index is 11.1. The second kappa shape index (κ2) is 4.13. The van der Waals surface area contributed by atoms with Gasteiger partial charge in [0.2, 0.25) is 11.8 Å². The highest BCUT2D eigenvalue weighted by Gasteiger charge is 2.13. The Bertz CT molecular complexity index is 763. The number of aromatic hydroxyl groups is 1. The lowest BCUT2D eigenvalue weighted by molar-refractivity contribution is 0.1000. The molecule has 3 rings (SSSR count). The van der Waals surface area contributed by atoms with Crippen LogP contribution in [0.1, 0.15) is 10.4 Å². The minimum absolute atomic E-state index is 0.00991. The summed E-state index contributed by atoms with van der Waals surface area (Å²) in [6.07, 6.45) is 1.48. The summed E-state index contributed by atoms with van der Waals surface area (Å²) in [5.41, 5.74) is 7.38. The first kappa shape index (κ1) is 11.3. The Morgan fingerprint density at radius 1 is 1.16 bits per heavy atom. The number of rotatable bonds is 2. The summed E-state index contributed by atoms with van der Waals surface area (Å²) in [5.74, 6) is -0.555. The quantitative estimate of drug-likeness (QED) is 0.730. The fourth-order valence-corrected chi connectivity index (χ4v) is 1.97. The van der Waals surface area contributed by atoms with Gasteiger partial charge in [-0.1, -0.05) is 30.3 Å². The summed E-state index contributed by atoms with van der Waals surface area (Å²) in [4.78, 5) is 15.5. The Balaban J connectivity index is 2.24. The van der Waals surface area contributed by atoms with Crippen LogP contribution in [0.5, 0.6) is 5.88 Å². The van der Waals surface area contributed by atoms with E-state index in [-0.39, 0.29) is 5.88 Å². The maximum atomic E-state index is 11.1. The summed E-state index contributed by atoms with van der Waals surface area (Å²) in [5, 5.41) is 10.2. The van der Waals surface area contributed by atoms with E-state index in [0.717, 1.165) is 5.56 Å². The molecule has 3 aromatic rings. The van der Waals surface area contributed by atoms with Gasteiger partial charge in [-0.3, -0.25) is 9.20 Å². The van der Waals surface area contributed by atoms with Crippen LogP contribution in [0.4, 0.5) is 0 Å². The SMILES string of the molecule is NC(=O)c1ccc2nc(-c3ccccc3)c(O)n2c1. The van der Waals surface area contributed by atoms with Crippen LogP contribution >= 0.6 is 0 Å². The number of pyridine rings is 1. The average Bonchev–Trinajstić information content (AvgIpc) is 2.77. The molecule has 2 aromatic heterocycles. The molecule has 0 spiro atoms. The highest BCUT2D eigenvalue weighted by atomic mass is 16.3. The number of benzene rings is 1. The van der Waals surface area contributed by atoms with Crippen molar-refractivity contribution in [2.75, 3.05) is 0 Å². The molecule has 0 unspecified atom stereocenters. The number of fused-ring (bicyclic) bond motifs is 1. The summed E-state index contributed by atoms with van der Waals surface area (Å²) >= 11 is 0. The molecule has 0 radical (unpaired) electrons. The van der Waals surface area contributed by atoms with Gasteiger partial charge in [0.05, 0.1) is 5.56 Å². The molecule has 0 aliphatic carbocycles. The van der Waals surface area contributed by atoms with Crippen LogP contribution in [0.3, 0.4) is 0 Å². The zero-order chi connectivity index (χ0) is 13.4. The predicted octanol–water partition coefficient (Wildman–Crippen LogP) is 1.81. The third-order valence-corrected chi connectivity index (χ3v) is 2.93. The van der Waals surface area contributed by atoms with Crippen molar-refractivity contribution in [3.8, 4) is 17.1 Å². The molecule has 0 saturated carbocycles. The molecule has 0 saturated heterocycles. The Labute approximate surface area is 108 Å².